The number of urea groups is 1. The number of nitrogens with zero attached hydrogens (tertiary/aromatic N) is 1. The van der Waals surface area contributed by atoms with E-state index >= 15 is 0 Å². The van der Waals surface area contributed by atoms with Crippen molar-refractivity contribution in [1.82, 2.24) is 15.6 Å². The lowest BCUT2D eigenvalue weighted by Crippen LogP contribution is -2.52. The van der Waals surface area contributed by atoms with E-state index in [1.807, 2.05) is 26.0 Å². The Balaban J connectivity index is 1.55. The lowest BCUT2D eigenvalue weighted by atomic mass is 10.2. The predicted octanol–water partition coefficient (Wildman–Crippen LogP) is 2.69. The Morgan fingerprint density at radius 1 is 1.48 bits per heavy atom. The van der Waals surface area contributed by atoms with Crippen molar-refractivity contribution in [1.29, 1.82) is 0 Å². The number of aryl methyl sites for hydroxylation is 1. The van der Waals surface area contributed by atoms with Crippen LogP contribution in [-0.4, -0.2) is 34.1 Å². The third kappa shape index (κ3) is 4.14. The second-order valence-corrected chi connectivity index (χ2v) is 7.81. The minimum atomic E-state index is -0.178. The van der Waals surface area contributed by atoms with Gasteiger partial charge in [0.05, 0.1) is 21.3 Å². The van der Waals surface area contributed by atoms with E-state index in [9.17, 15) is 9.59 Å². The molecule has 3 rings (SSSR count). The zero-order chi connectivity index (χ0) is 16.4. The topological polar surface area (TPSA) is 83.1 Å². The zero-order valence-electron chi connectivity index (χ0n) is 12.9. The minimum Gasteiger partial charge on any atom is -0.336 e. The van der Waals surface area contributed by atoms with Crippen molar-refractivity contribution >= 4 is 50.4 Å². The number of hydrogen-bond acceptors (Lipinski definition) is 5. The number of carbonyl (C=O) groups is 2. The summed E-state index contributed by atoms with van der Waals surface area (Å²) >= 11 is 2.90. The van der Waals surface area contributed by atoms with Crippen molar-refractivity contribution in [3.8, 4) is 0 Å². The maximum Gasteiger partial charge on any atom is 0.315 e. The number of nitrogens with one attached hydrogen (secondary N) is 3. The molecule has 2 atom stereocenters. The molecule has 23 heavy (non-hydrogen) atoms. The molecular weight excluding hydrogens is 332 g/mol. The number of amides is 3. The molecule has 1 aliphatic rings. The first-order valence-corrected chi connectivity index (χ1v) is 9.22. The first kappa shape index (κ1) is 16.1. The zero-order valence-corrected chi connectivity index (χ0v) is 14.5. The van der Waals surface area contributed by atoms with Gasteiger partial charge in [-0.25, -0.2) is 9.78 Å². The Morgan fingerprint density at radius 3 is 3.09 bits per heavy atom. The van der Waals surface area contributed by atoms with Crippen LogP contribution in [0.3, 0.4) is 0 Å². The minimum absolute atomic E-state index is 0.0393. The summed E-state index contributed by atoms with van der Waals surface area (Å²) in [5.41, 5.74) is 2.06. The third-order valence-corrected chi connectivity index (χ3v) is 5.52. The van der Waals surface area contributed by atoms with Crippen LogP contribution < -0.4 is 16.0 Å². The molecule has 2 heterocycles. The number of fused-ring (bicyclic) bond motifs is 1. The van der Waals surface area contributed by atoms with Crippen molar-refractivity contribution in [2.24, 2.45) is 0 Å². The highest BCUT2D eigenvalue weighted by Crippen LogP contribution is 2.27. The molecule has 6 nitrogen and oxygen atoms in total. The molecular formula is C15H18N4O2S2. The highest BCUT2D eigenvalue weighted by Gasteiger charge is 2.23. The standard InChI is InChI=1S/C15H18N4O2S2/c1-8-3-4-10-11(5-8)23-15(17-10)18-12(20)7-22-13-6-9(2)16-14(21)19-13/h3-5,9,13H,6-7H2,1-2H3,(H2,16,19,21)(H,17,18,20). The Hall–Kier alpha value is -1.80. The monoisotopic (exact) mass is 350 g/mol. The van der Waals surface area contributed by atoms with E-state index < -0.39 is 0 Å². The van der Waals surface area contributed by atoms with Gasteiger partial charge in [-0.15, -0.1) is 11.8 Å². The molecule has 1 fully saturated rings. The summed E-state index contributed by atoms with van der Waals surface area (Å²) in [6.07, 6.45) is 0.796. The SMILES string of the molecule is Cc1ccc2nc(NC(=O)CSC3CC(C)NC(=O)N3)sc2c1. The molecule has 1 aliphatic heterocycles. The van der Waals surface area contributed by atoms with Crippen LogP contribution in [0.5, 0.6) is 0 Å². The van der Waals surface area contributed by atoms with Crippen LogP contribution >= 0.6 is 23.1 Å². The first-order valence-electron chi connectivity index (χ1n) is 7.35. The van der Waals surface area contributed by atoms with Gasteiger partial charge in [-0.05, 0) is 38.0 Å². The van der Waals surface area contributed by atoms with Gasteiger partial charge in [0.25, 0.3) is 0 Å². The van der Waals surface area contributed by atoms with Crippen LogP contribution in [0.4, 0.5) is 9.93 Å². The molecule has 3 N–H and O–H groups in total. The molecule has 0 radical (unpaired) electrons. The lowest BCUT2D eigenvalue weighted by molar-refractivity contribution is -0.113. The highest BCUT2D eigenvalue weighted by atomic mass is 32.2. The number of aromatic nitrogens is 1. The van der Waals surface area contributed by atoms with Crippen LogP contribution in [0.15, 0.2) is 18.2 Å². The van der Waals surface area contributed by atoms with Gasteiger partial charge in [0.2, 0.25) is 5.91 Å². The van der Waals surface area contributed by atoms with Gasteiger partial charge in [-0.2, -0.15) is 0 Å². The van der Waals surface area contributed by atoms with Crippen molar-refractivity contribution in [2.75, 3.05) is 11.1 Å². The molecule has 0 spiro atoms. The summed E-state index contributed by atoms with van der Waals surface area (Å²) < 4.78 is 1.06. The molecule has 8 heteroatoms. The van der Waals surface area contributed by atoms with Gasteiger partial charge in [0.15, 0.2) is 5.13 Å². The van der Waals surface area contributed by atoms with Crippen LogP contribution in [-0.2, 0) is 4.79 Å². The summed E-state index contributed by atoms with van der Waals surface area (Å²) in [6.45, 7) is 3.98. The molecule has 3 amide bonds. The van der Waals surface area contributed by atoms with Gasteiger partial charge in [-0.3, -0.25) is 4.79 Å². The number of rotatable bonds is 4. The fourth-order valence-electron chi connectivity index (χ4n) is 2.38. The quantitative estimate of drug-likeness (QED) is 0.792. The first-order chi connectivity index (χ1) is 11.0. The Bertz CT molecular complexity index is 746. The number of hydrogen-bond donors (Lipinski definition) is 3. The Labute approximate surface area is 142 Å². The van der Waals surface area contributed by atoms with E-state index in [-0.39, 0.29) is 29.1 Å². The molecule has 122 valence electrons. The molecule has 0 bridgehead atoms. The maximum absolute atomic E-state index is 12.1. The molecule has 2 unspecified atom stereocenters. The summed E-state index contributed by atoms with van der Waals surface area (Å²) in [4.78, 5) is 27.9. The molecule has 0 aliphatic carbocycles. The largest absolute Gasteiger partial charge is 0.336 e. The Kier molecular flexibility index (Phi) is 4.72. The van der Waals surface area contributed by atoms with Gasteiger partial charge < -0.3 is 16.0 Å². The van der Waals surface area contributed by atoms with Crippen LogP contribution in [0.1, 0.15) is 18.9 Å². The van der Waals surface area contributed by atoms with E-state index in [2.05, 4.69) is 27.0 Å². The summed E-state index contributed by atoms with van der Waals surface area (Å²) in [6, 6.07) is 5.96. The fraction of sp³-hybridized carbons (Fsp3) is 0.400. The number of benzene rings is 1. The van der Waals surface area contributed by atoms with Gasteiger partial charge in [0.1, 0.15) is 0 Å². The highest BCUT2D eigenvalue weighted by molar-refractivity contribution is 8.00. The number of thioether (sulfide) groups is 1. The van der Waals surface area contributed by atoms with Gasteiger partial charge in [-0.1, -0.05) is 17.4 Å². The molecule has 0 saturated carbocycles. The Morgan fingerprint density at radius 2 is 2.30 bits per heavy atom. The average Bonchev–Trinajstić information content (AvgIpc) is 2.85. The van der Waals surface area contributed by atoms with Crippen LogP contribution in [0, 0.1) is 6.92 Å². The van der Waals surface area contributed by atoms with Gasteiger partial charge >= 0.3 is 6.03 Å². The van der Waals surface area contributed by atoms with Crippen molar-refractivity contribution < 1.29 is 9.59 Å². The van der Waals surface area contributed by atoms with E-state index in [4.69, 9.17) is 0 Å². The normalized spacial score (nSPS) is 20.9. The second kappa shape index (κ2) is 6.76. The van der Waals surface area contributed by atoms with Crippen molar-refractivity contribution in [3.05, 3.63) is 23.8 Å². The fourth-order valence-corrected chi connectivity index (χ4v) is 4.40. The second-order valence-electron chi connectivity index (χ2n) is 5.59. The summed E-state index contributed by atoms with van der Waals surface area (Å²) in [7, 11) is 0. The molecule has 1 saturated heterocycles. The predicted molar refractivity (Wildman–Crippen MR) is 95.0 cm³/mol. The molecule has 1 aromatic carbocycles. The summed E-state index contributed by atoms with van der Waals surface area (Å²) in [5.74, 6) is 0.179. The average molecular weight is 350 g/mol. The van der Waals surface area contributed by atoms with Crippen LogP contribution in [0.2, 0.25) is 0 Å². The van der Waals surface area contributed by atoms with Crippen molar-refractivity contribution in [2.45, 2.75) is 31.7 Å². The van der Waals surface area contributed by atoms with E-state index in [1.54, 1.807) is 0 Å². The van der Waals surface area contributed by atoms with Crippen molar-refractivity contribution in [3.63, 3.8) is 0 Å². The molecule has 2 aromatic rings. The van der Waals surface area contributed by atoms with E-state index in [0.29, 0.717) is 5.13 Å². The lowest BCUT2D eigenvalue weighted by Gasteiger charge is -2.28. The van der Waals surface area contributed by atoms with E-state index in [0.717, 1.165) is 16.6 Å². The summed E-state index contributed by atoms with van der Waals surface area (Å²) in [5, 5.41) is 9.00. The number of anilines is 1. The van der Waals surface area contributed by atoms with Crippen LogP contribution in [0.25, 0.3) is 10.2 Å². The maximum atomic E-state index is 12.1. The molecule has 1 aromatic heterocycles. The van der Waals surface area contributed by atoms with Gasteiger partial charge in [0, 0.05) is 6.04 Å². The van der Waals surface area contributed by atoms with E-state index in [1.165, 1.54) is 28.7 Å². The number of carbonyl (C=O) groups excluding carboxylic acids is 2. The smallest absolute Gasteiger partial charge is 0.315 e. The number of thiazole rings is 1. The third-order valence-electron chi connectivity index (χ3n) is 3.44.